The van der Waals surface area contributed by atoms with E-state index in [-0.39, 0.29) is 10.6 Å². The minimum Gasteiger partial charge on any atom is -0.324 e. The highest BCUT2D eigenvalue weighted by molar-refractivity contribution is 7.89. The lowest BCUT2D eigenvalue weighted by Gasteiger charge is -2.10. The van der Waals surface area contributed by atoms with Gasteiger partial charge in [0.2, 0.25) is 15.9 Å². The number of para-hydroxylation sites is 1. The van der Waals surface area contributed by atoms with E-state index in [1.165, 1.54) is 25.1 Å². The van der Waals surface area contributed by atoms with E-state index < -0.39 is 22.0 Å². The summed E-state index contributed by atoms with van der Waals surface area (Å²) in [6.45, 7) is 1.49. The van der Waals surface area contributed by atoms with Gasteiger partial charge in [0.1, 0.15) is 4.90 Å². The largest absolute Gasteiger partial charge is 0.324 e. The third-order valence-electron chi connectivity index (χ3n) is 1.87. The molecule has 1 atom stereocenters. The van der Waals surface area contributed by atoms with Crippen LogP contribution in [0.25, 0.3) is 0 Å². The highest BCUT2D eigenvalue weighted by atomic mass is 32.2. The second-order valence-electron chi connectivity index (χ2n) is 3.32. The van der Waals surface area contributed by atoms with E-state index in [9.17, 15) is 13.2 Å². The zero-order valence-corrected chi connectivity index (χ0v) is 9.49. The van der Waals surface area contributed by atoms with Gasteiger partial charge in [0.25, 0.3) is 0 Å². The molecule has 0 unspecified atom stereocenters. The van der Waals surface area contributed by atoms with E-state index >= 15 is 0 Å². The molecule has 1 amide bonds. The van der Waals surface area contributed by atoms with E-state index in [0.717, 1.165) is 0 Å². The van der Waals surface area contributed by atoms with Crippen molar-refractivity contribution in [3.63, 3.8) is 0 Å². The summed E-state index contributed by atoms with van der Waals surface area (Å²) in [5.41, 5.74) is 5.48. The highest BCUT2D eigenvalue weighted by Crippen LogP contribution is 2.19. The van der Waals surface area contributed by atoms with E-state index in [1.54, 1.807) is 6.07 Å². The molecule has 16 heavy (non-hydrogen) atoms. The fourth-order valence-corrected chi connectivity index (χ4v) is 1.76. The summed E-state index contributed by atoms with van der Waals surface area (Å²) >= 11 is 0. The molecule has 0 heterocycles. The number of benzene rings is 1. The van der Waals surface area contributed by atoms with Crippen molar-refractivity contribution in [1.29, 1.82) is 0 Å². The Bertz CT molecular complexity index is 496. The number of nitrogens with one attached hydrogen (secondary N) is 1. The van der Waals surface area contributed by atoms with Crippen molar-refractivity contribution in [2.45, 2.75) is 17.9 Å². The molecule has 0 aromatic heterocycles. The van der Waals surface area contributed by atoms with Gasteiger partial charge in [0.15, 0.2) is 0 Å². The van der Waals surface area contributed by atoms with Crippen molar-refractivity contribution < 1.29 is 13.2 Å². The molecule has 7 heteroatoms. The van der Waals surface area contributed by atoms with Gasteiger partial charge in [-0.3, -0.25) is 4.79 Å². The van der Waals surface area contributed by atoms with Crippen molar-refractivity contribution in [1.82, 2.24) is 0 Å². The number of primary sulfonamides is 1. The molecule has 0 saturated heterocycles. The van der Waals surface area contributed by atoms with Gasteiger partial charge in [-0.25, -0.2) is 13.6 Å². The topological polar surface area (TPSA) is 115 Å². The predicted octanol–water partition coefficient (Wildman–Crippen LogP) is -0.380. The molecule has 0 fully saturated rings. The Kier molecular flexibility index (Phi) is 3.63. The maximum absolute atomic E-state index is 11.3. The quantitative estimate of drug-likeness (QED) is 0.671. The standard InChI is InChI=1S/C9H13N3O3S/c1-6(10)9(13)12-7-4-2-3-5-8(7)16(11,14)15/h2-6H,10H2,1H3,(H,12,13)(H2,11,14,15)/t6-/m0/s1. The first kappa shape index (κ1) is 12.6. The Morgan fingerprint density at radius 1 is 1.38 bits per heavy atom. The number of amides is 1. The van der Waals surface area contributed by atoms with E-state index in [2.05, 4.69) is 5.32 Å². The van der Waals surface area contributed by atoms with E-state index in [0.29, 0.717) is 0 Å². The lowest BCUT2D eigenvalue weighted by atomic mass is 10.3. The Morgan fingerprint density at radius 3 is 2.44 bits per heavy atom. The lowest BCUT2D eigenvalue weighted by Crippen LogP contribution is -2.33. The molecule has 0 saturated carbocycles. The van der Waals surface area contributed by atoms with Crippen molar-refractivity contribution in [3.05, 3.63) is 24.3 Å². The van der Waals surface area contributed by atoms with Gasteiger partial charge < -0.3 is 11.1 Å². The first-order valence-corrected chi connectivity index (χ1v) is 6.05. The van der Waals surface area contributed by atoms with Gasteiger partial charge >= 0.3 is 0 Å². The third kappa shape index (κ3) is 3.02. The zero-order chi connectivity index (χ0) is 12.3. The van der Waals surface area contributed by atoms with Crippen LogP contribution in [0, 0.1) is 0 Å². The summed E-state index contributed by atoms with van der Waals surface area (Å²) in [5.74, 6) is -0.476. The molecular weight excluding hydrogens is 230 g/mol. The number of hydrogen-bond donors (Lipinski definition) is 3. The molecule has 0 aliphatic rings. The maximum Gasteiger partial charge on any atom is 0.241 e. The van der Waals surface area contributed by atoms with Crippen LogP contribution >= 0.6 is 0 Å². The van der Waals surface area contributed by atoms with Gasteiger partial charge in [-0.2, -0.15) is 0 Å². The summed E-state index contributed by atoms with van der Waals surface area (Å²) in [6, 6.07) is 5.13. The zero-order valence-electron chi connectivity index (χ0n) is 8.67. The molecule has 6 nitrogen and oxygen atoms in total. The number of nitrogens with two attached hydrogens (primary N) is 2. The number of anilines is 1. The Morgan fingerprint density at radius 2 is 1.94 bits per heavy atom. The summed E-state index contributed by atoms with van der Waals surface area (Å²) in [6.07, 6.45) is 0. The Labute approximate surface area is 93.7 Å². The van der Waals surface area contributed by atoms with Crippen LogP contribution in [0.4, 0.5) is 5.69 Å². The third-order valence-corrected chi connectivity index (χ3v) is 2.83. The van der Waals surface area contributed by atoms with Crippen LogP contribution in [-0.4, -0.2) is 20.4 Å². The average molecular weight is 243 g/mol. The number of carbonyl (C=O) groups is 1. The van der Waals surface area contributed by atoms with Gasteiger partial charge in [0, 0.05) is 0 Å². The average Bonchev–Trinajstić information content (AvgIpc) is 2.16. The molecule has 1 aromatic carbocycles. The molecule has 0 bridgehead atoms. The second-order valence-corrected chi connectivity index (χ2v) is 4.85. The van der Waals surface area contributed by atoms with Crippen molar-refractivity contribution in [2.24, 2.45) is 10.9 Å². The molecule has 0 aliphatic heterocycles. The molecule has 1 aromatic rings. The number of hydrogen-bond acceptors (Lipinski definition) is 4. The van der Waals surface area contributed by atoms with Crippen molar-refractivity contribution in [3.8, 4) is 0 Å². The molecular formula is C9H13N3O3S. The maximum atomic E-state index is 11.3. The van der Waals surface area contributed by atoms with Crippen LogP contribution < -0.4 is 16.2 Å². The monoisotopic (exact) mass is 243 g/mol. The Hall–Kier alpha value is -1.44. The first-order valence-electron chi connectivity index (χ1n) is 4.50. The van der Waals surface area contributed by atoms with Gasteiger partial charge in [0.05, 0.1) is 11.7 Å². The molecule has 0 spiro atoms. The van der Waals surface area contributed by atoms with Crippen LogP contribution in [0.3, 0.4) is 0 Å². The van der Waals surface area contributed by atoms with Crippen LogP contribution in [0.5, 0.6) is 0 Å². The lowest BCUT2D eigenvalue weighted by molar-refractivity contribution is -0.117. The fourth-order valence-electron chi connectivity index (χ4n) is 1.06. The van der Waals surface area contributed by atoms with Gasteiger partial charge in [-0.1, -0.05) is 12.1 Å². The van der Waals surface area contributed by atoms with E-state index in [1.807, 2.05) is 0 Å². The van der Waals surface area contributed by atoms with Gasteiger partial charge in [-0.15, -0.1) is 0 Å². The molecule has 5 N–H and O–H groups in total. The predicted molar refractivity (Wildman–Crippen MR) is 60.1 cm³/mol. The van der Waals surface area contributed by atoms with Crippen molar-refractivity contribution >= 4 is 21.6 Å². The summed E-state index contributed by atoms with van der Waals surface area (Å²) in [4.78, 5) is 11.2. The van der Waals surface area contributed by atoms with Gasteiger partial charge in [-0.05, 0) is 19.1 Å². The summed E-state index contributed by atoms with van der Waals surface area (Å²) < 4.78 is 22.4. The molecule has 0 aliphatic carbocycles. The minimum atomic E-state index is -3.86. The van der Waals surface area contributed by atoms with Crippen LogP contribution in [0.2, 0.25) is 0 Å². The van der Waals surface area contributed by atoms with E-state index in [4.69, 9.17) is 10.9 Å². The van der Waals surface area contributed by atoms with Crippen LogP contribution in [-0.2, 0) is 14.8 Å². The van der Waals surface area contributed by atoms with Crippen LogP contribution in [0.15, 0.2) is 29.2 Å². The SMILES string of the molecule is C[C@H](N)C(=O)Nc1ccccc1S(N)(=O)=O. The number of sulfonamides is 1. The number of rotatable bonds is 3. The smallest absolute Gasteiger partial charge is 0.241 e. The molecule has 0 radical (unpaired) electrons. The number of carbonyl (C=O) groups excluding carboxylic acids is 1. The highest BCUT2D eigenvalue weighted by Gasteiger charge is 2.16. The first-order chi connectivity index (χ1) is 7.32. The molecule has 88 valence electrons. The Balaban J connectivity index is 3.11. The summed E-state index contributed by atoms with van der Waals surface area (Å²) in [5, 5.41) is 7.39. The fraction of sp³-hybridized carbons (Fsp3) is 0.222. The minimum absolute atomic E-state index is 0.132. The molecule has 1 rings (SSSR count). The second kappa shape index (κ2) is 4.60. The normalized spacial score (nSPS) is 13.2. The van der Waals surface area contributed by atoms with Crippen molar-refractivity contribution in [2.75, 3.05) is 5.32 Å². The summed E-state index contributed by atoms with van der Waals surface area (Å²) in [7, 11) is -3.86. The van der Waals surface area contributed by atoms with Crippen LogP contribution in [0.1, 0.15) is 6.92 Å².